The molecule has 1 aromatic heterocycles. The molecule has 1 aliphatic heterocycles. The Morgan fingerprint density at radius 3 is 2.55 bits per heavy atom. The fourth-order valence-corrected chi connectivity index (χ4v) is 3.80. The fraction of sp³-hybridized carbons (Fsp3) is 0.522. The van der Waals surface area contributed by atoms with Crippen LogP contribution < -0.4 is 10.1 Å². The van der Waals surface area contributed by atoms with Gasteiger partial charge in [-0.1, -0.05) is 12.1 Å². The van der Waals surface area contributed by atoms with Crippen LogP contribution in [0.15, 0.2) is 47.1 Å². The van der Waals surface area contributed by atoms with Gasteiger partial charge in [-0.25, -0.2) is 4.79 Å². The van der Waals surface area contributed by atoms with E-state index in [1.807, 2.05) is 43.0 Å². The molecule has 1 aromatic carbocycles. The standard InChI is InChI=1S/C23H33N3O3/c1-18(2)24-23(27)26(17-22-5-4-16-29-22)20-11-14-25(15-12-20)13-10-19-6-8-21(28-3)9-7-19/h4-9,16,18,20H,10-15,17H2,1-3H3,(H,24,27). The highest BCUT2D eigenvalue weighted by atomic mass is 16.5. The SMILES string of the molecule is COc1ccc(CCN2CCC(N(Cc3ccco3)C(=O)NC(C)C)CC2)cc1. The third kappa shape index (κ3) is 6.26. The predicted octanol–water partition coefficient (Wildman–Crippen LogP) is 3.92. The van der Waals surface area contributed by atoms with E-state index in [0.717, 1.165) is 50.4 Å². The Balaban J connectivity index is 1.52. The molecule has 158 valence electrons. The lowest BCUT2D eigenvalue weighted by atomic mass is 10.0. The van der Waals surface area contributed by atoms with Crippen molar-refractivity contribution in [2.45, 2.75) is 51.7 Å². The number of benzene rings is 1. The van der Waals surface area contributed by atoms with Crippen LogP contribution in [0.2, 0.25) is 0 Å². The summed E-state index contributed by atoms with van der Waals surface area (Å²) in [5.74, 6) is 1.72. The van der Waals surface area contributed by atoms with Gasteiger partial charge in [-0.15, -0.1) is 0 Å². The summed E-state index contributed by atoms with van der Waals surface area (Å²) < 4.78 is 10.7. The van der Waals surface area contributed by atoms with Crippen LogP contribution >= 0.6 is 0 Å². The summed E-state index contributed by atoms with van der Waals surface area (Å²) in [6, 6.07) is 12.4. The van der Waals surface area contributed by atoms with Crippen LogP contribution in [0.3, 0.4) is 0 Å². The number of carbonyl (C=O) groups excluding carboxylic acids is 1. The molecule has 2 aromatic rings. The first-order valence-electron chi connectivity index (χ1n) is 10.5. The lowest BCUT2D eigenvalue weighted by Crippen LogP contribution is -2.51. The zero-order valence-corrected chi connectivity index (χ0v) is 17.8. The maximum Gasteiger partial charge on any atom is 0.318 e. The monoisotopic (exact) mass is 399 g/mol. The summed E-state index contributed by atoms with van der Waals surface area (Å²) in [6.07, 6.45) is 4.65. The smallest absolute Gasteiger partial charge is 0.318 e. The first-order chi connectivity index (χ1) is 14.0. The van der Waals surface area contributed by atoms with E-state index in [1.54, 1.807) is 13.4 Å². The summed E-state index contributed by atoms with van der Waals surface area (Å²) in [4.78, 5) is 17.2. The van der Waals surface area contributed by atoms with Crippen LogP contribution in [0.5, 0.6) is 5.75 Å². The Kier molecular flexibility index (Phi) is 7.58. The molecular weight excluding hydrogens is 366 g/mol. The maximum atomic E-state index is 12.8. The number of amides is 2. The van der Waals surface area contributed by atoms with E-state index < -0.39 is 0 Å². The number of urea groups is 1. The van der Waals surface area contributed by atoms with Crippen LogP contribution in [0, 0.1) is 0 Å². The lowest BCUT2D eigenvalue weighted by Gasteiger charge is -2.38. The fourth-order valence-electron chi connectivity index (χ4n) is 3.80. The van der Waals surface area contributed by atoms with E-state index in [1.165, 1.54) is 5.56 Å². The van der Waals surface area contributed by atoms with Crippen molar-refractivity contribution in [3.8, 4) is 5.75 Å². The van der Waals surface area contributed by atoms with Gasteiger partial charge in [-0.2, -0.15) is 0 Å². The highest BCUT2D eigenvalue weighted by Crippen LogP contribution is 2.20. The van der Waals surface area contributed by atoms with Crippen molar-refractivity contribution in [2.75, 3.05) is 26.7 Å². The molecule has 3 rings (SSSR count). The van der Waals surface area contributed by atoms with Gasteiger partial charge in [0.2, 0.25) is 0 Å². The molecule has 1 aliphatic rings. The van der Waals surface area contributed by atoms with E-state index in [-0.39, 0.29) is 18.1 Å². The largest absolute Gasteiger partial charge is 0.497 e. The number of carbonyl (C=O) groups is 1. The van der Waals surface area contributed by atoms with E-state index >= 15 is 0 Å². The number of furan rings is 1. The minimum Gasteiger partial charge on any atom is -0.497 e. The summed E-state index contributed by atoms with van der Waals surface area (Å²) in [6.45, 7) is 7.54. The first kappa shape index (κ1) is 21.2. The first-order valence-corrected chi connectivity index (χ1v) is 10.5. The Morgan fingerprint density at radius 1 is 1.24 bits per heavy atom. The Hall–Kier alpha value is -2.47. The summed E-state index contributed by atoms with van der Waals surface area (Å²) in [5.41, 5.74) is 1.32. The lowest BCUT2D eigenvalue weighted by molar-refractivity contribution is 0.111. The zero-order valence-electron chi connectivity index (χ0n) is 17.8. The molecule has 1 fully saturated rings. The van der Waals surface area contributed by atoms with Crippen molar-refractivity contribution in [3.63, 3.8) is 0 Å². The summed E-state index contributed by atoms with van der Waals surface area (Å²) in [5, 5.41) is 3.04. The molecule has 0 bridgehead atoms. The number of hydrogen-bond acceptors (Lipinski definition) is 4. The van der Waals surface area contributed by atoms with Gasteiger partial charge in [-0.05, 0) is 62.9 Å². The normalized spacial score (nSPS) is 15.4. The molecular formula is C23H33N3O3. The minimum atomic E-state index is -0.00640. The Bertz CT molecular complexity index is 735. The average Bonchev–Trinajstić information content (AvgIpc) is 3.24. The Labute approximate surface area is 173 Å². The molecule has 0 atom stereocenters. The van der Waals surface area contributed by atoms with Crippen molar-refractivity contribution in [2.24, 2.45) is 0 Å². The van der Waals surface area contributed by atoms with E-state index in [9.17, 15) is 4.79 Å². The van der Waals surface area contributed by atoms with E-state index in [4.69, 9.17) is 9.15 Å². The molecule has 0 saturated carbocycles. The number of nitrogens with one attached hydrogen (secondary N) is 1. The van der Waals surface area contributed by atoms with Crippen molar-refractivity contribution in [1.29, 1.82) is 0 Å². The average molecular weight is 400 g/mol. The van der Waals surface area contributed by atoms with Gasteiger partial charge in [-0.3, -0.25) is 0 Å². The third-order valence-electron chi connectivity index (χ3n) is 5.45. The van der Waals surface area contributed by atoms with Crippen LogP contribution in [-0.2, 0) is 13.0 Å². The van der Waals surface area contributed by atoms with Gasteiger partial charge >= 0.3 is 6.03 Å². The Morgan fingerprint density at radius 2 is 1.97 bits per heavy atom. The topological polar surface area (TPSA) is 58.0 Å². The quantitative estimate of drug-likeness (QED) is 0.731. The van der Waals surface area contributed by atoms with Crippen molar-refractivity contribution >= 4 is 6.03 Å². The van der Waals surface area contributed by atoms with Gasteiger partial charge in [0.15, 0.2) is 0 Å². The second kappa shape index (κ2) is 10.3. The van der Waals surface area contributed by atoms with Crippen LogP contribution in [0.4, 0.5) is 4.79 Å². The number of rotatable bonds is 8. The van der Waals surface area contributed by atoms with Gasteiger partial charge in [0, 0.05) is 31.7 Å². The van der Waals surface area contributed by atoms with Gasteiger partial charge in [0.1, 0.15) is 11.5 Å². The zero-order chi connectivity index (χ0) is 20.6. The van der Waals surface area contributed by atoms with Crippen molar-refractivity contribution in [1.82, 2.24) is 15.1 Å². The number of nitrogens with zero attached hydrogens (tertiary/aromatic N) is 2. The molecule has 1 N–H and O–H groups in total. The van der Waals surface area contributed by atoms with Crippen molar-refractivity contribution in [3.05, 3.63) is 54.0 Å². The van der Waals surface area contributed by atoms with E-state index in [2.05, 4.69) is 22.3 Å². The van der Waals surface area contributed by atoms with Gasteiger partial charge in [0.05, 0.1) is 19.9 Å². The second-order valence-corrected chi connectivity index (χ2v) is 7.98. The molecule has 2 amide bonds. The van der Waals surface area contributed by atoms with Gasteiger partial charge < -0.3 is 24.3 Å². The second-order valence-electron chi connectivity index (χ2n) is 7.98. The number of ether oxygens (including phenoxy) is 1. The molecule has 6 nitrogen and oxygen atoms in total. The van der Waals surface area contributed by atoms with Crippen LogP contribution in [0.25, 0.3) is 0 Å². The third-order valence-corrected chi connectivity index (χ3v) is 5.45. The number of piperidine rings is 1. The van der Waals surface area contributed by atoms with Gasteiger partial charge in [0.25, 0.3) is 0 Å². The minimum absolute atomic E-state index is 0.00640. The molecule has 6 heteroatoms. The molecule has 29 heavy (non-hydrogen) atoms. The summed E-state index contributed by atoms with van der Waals surface area (Å²) in [7, 11) is 1.69. The van der Waals surface area contributed by atoms with E-state index in [0.29, 0.717) is 6.54 Å². The predicted molar refractivity (Wildman–Crippen MR) is 114 cm³/mol. The molecule has 1 saturated heterocycles. The highest BCUT2D eigenvalue weighted by molar-refractivity contribution is 5.74. The maximum absolute atomic E-state index is 12.8. The highest BCUT2D eigenvalue weighted by Gasteiger charge is 2.28. The molecule has 2 heterocycles. The molecule has 0 radical (unpaired) electrons. The van der Waals surface area contributed by atoms with Crippen molar-refractivity contribution < 1.29 is 13.9 Å². The molecule has 0 unspecified atom stereocenters. The number of likely N-dealkylation sites (tertiary alicyclic amines) is 1. The number of methoxy groups -OCH3 is 1. The van der Waals surface area contributed by atoms with Crippen LogP contribution in [0.1, 0.15) is 38.0 Å². The summed E-state index contributed by atoms with van der Waals surface area (Å²) >= 11 is 0. The van der Waals surface area contributed by atoms with Crippen LogP contribution in [-0.4, -0.2) is 54.7 Å². The molecule has 0 aliphatic carbocycles. The molecule has 0 spiro atoms. The number of hydrogen-bond donors (Lipinski definition) is 1.